The molecular weight excluding hydrogens is 208 g/mol. The number of nitrogens with zero attached hydrogens (tertiary/aromatic N) is 3. The second-order valence-corrected chi connectivity index (χ2v) is 4.47. The van der Waals surface area contributed by atoms with E-state index >= 15 is 0 Å². The number of nitrogens with one attached hydrogen (secondary N) is 1. The second-order valence-electron chi connectivity index (χ2n) is 4.47. The van der Waals surface area contributed by atoms with Crippen LogP contribution in [0.5, 0.6) is 0 Å². The Morgan fingerprint density at radius 3 is 2.81 bits per heavy atom. The molecule has 0 aliphatic rings. The lowest BCUT2D eigenvalue weighted by Crippen LogP contribution is -2.41. The normalized spacial score (nSPS) is 15.4. The fourth-order valence-electron chi connectivity index (χ4n) is 1.33. The average Bonchev–Trinajstić information content (AvgIpc) is 2.66. The summed E-state index contributed by atoms with van der Waals surface area (Å²) in [6.07, 6.45) is 1.52. The van der Waals surface area contributed by atoms with Crippen LogP contribution >= 0.6 is 0 Å². The predicted molar refractivity (Wildman–Crippen MR) is 59.8 cm³/mol. The van der Waals surface area contributed by atoms with Gasteiger partial charge >= 0.3 is 0 Å². The predicted octanol–water partition coefficient (Wildman–Crippen LogP) is -0.308. The van der Waals surface area contributed by atoms with Gasteiger partial charge in [-0.2, -0.15) is 5.10 Å². The Balaban J connectivity index is 2.46. The van der Waals surface area contributed by atoms with Gasteiger partial charge in [-0.15, -0.1) is 0 Å². The Bertz CT molecular complexity index is 322. The van der Waals surface area contributed by atoms with Crippen molar-refractivity contribution in [2.45, 2.75) is 39.0 Å². The van der Waals surface area contributed by atoms with Crippen LogP contribution in [0.4, 0.5) is 0 Å². The van der Waals surface area contributed by atoms with E-state index < -0.39 is 5.60 Å². The first kappa shape index (κ1) is 13.1. The Labute approximate surface area is 95.3 Å². The summed E-state index contributed by atoms with van der Waals surface area (Å²) in [5, 5.41) is 25.6. The van der Waals surface area contributed by atoms with E-state index in [9.17, 15) is 5.11 Å². The molecule has 0 bridgehead atoms. The van der Waals surface area contributed by atoms with Gasteiger partial charge < -0.3 is 15.5 Å². The summed E-state index contributed by atoms with van der Waals surface area (Å²) in [6, 6.07) is 0.262. The van der Waals surface area contributed by atoms with Crippen molar-refractivity contribution in [1.29, 1.82) is 0 Å². The maximum atomic E-state index is 9.57. The first-order valence-corrected chi connectivity index (χ1v) is 5.38. The third-order valence-electron chi connectivity index (χ3n) is 2.27. The highest BCUT2D eigenvalue weighted by Gasteiger charge is 2.18. The molecule has 3 N–H and O–H groups in total. The van der Waals surface area contributed by atoms with Gasteiger partial charge in [-0.1, -0.05) is 0 Å². The molecule has 0 aliphatic carbocycles. The number of aliphatic hydroxyl groups is 2. The van der Waals surface area contributed by atoms with Crippen molar-refractivity contribution in [2.24, 2.45) is 0 Å². The molecule has 0 aromatic carbocycles. The zero-order valence-corrected chi connectivity index (χ0v) is 10.0. The first-order chi connectivity index (χ1) is 7.46. The highest BCUT2D eigenvalue weighted by Crippen LogP contribution is 2.05. The Hall–Kier alpha value is -0.980. The van der Waals surface area contributed by atoms with E-state index in [1.165, 1.54) is 6.33 Å². The molecule has 1 aromatic rings. The molecule has 6 nitrogen and oxygen atoms in total. The minimum atomic E-state index is -1.09. The maximum absolute atomic E-state index is 9.57. The van der Waals surface area contributed by atoms with Crippen molar-refractivity contribution in [3.8, 4) is 0 Å². The van der Waals surface area contributed by atoms with Gasteiger partial charge in [0.15, 0.2) is 0 Å². The summed E-state index contributed by atoms with van der Waals surface area (Å²) in [5.74, 6) is 0.823. The van der Waals surface area contributed by atoms with E-state index in [2.05, 4.69) is 15.4 Å². The van der Waals surface area contributed by atoms with Crippen LogP contribution in [0.25, 0.3) is 0 Å². The van der Waals surface area contributed by atoms with Gasteiger partial charge in [-0.3, -0.25) is 0 Å². The van der Waals surface area contributed by atoms with Crippen LogP contribution in [0.1, 0.15) is 32.6 Å². The number of hydrogen-bond donors (Lipinski definition) is 3. The molecule has 1 heterocycles. The number of aromatic nitrogens is 3. The van der Waals surface area contributed by atoms with Crippen LogP contribution in [0.3, 0.4) is 0 Å². The lowest BCUT2D eigenvalue weighted by atomic mass is 10.1. The summed E-state index contributed by atoms with van der Waals surface area (Å²) in [6.45, 7) is 6.21. The molecule has 92 valence electrons. The van der Waals surface area contributed by atoms with Gasteiger partial charge in [0, 0.05) is 12.6 Å². The molecule has 0 radical (unpaired) electrons. The molecule has 0 spiro atoms. The van der Waals surface area contributed by atoms with Crippen molar-refractivity contribution in [3.05, 3.63) is 12.2 Å². The lowest BCUT2D eigenvalue weighted by molar-refractivity contribution is 0.00236. The molecule has 0 fully saturated rings. The van der Waals surface area contributed by atoms with Crippen LogP contribution in [0, 0.1) is 0 Å². The zero-order chi connectivity index (χ0) is 12.2. The SMILES string of the molecule is CC(C)n1ncnc1CNCC(C)(O)CO. The van der Waals surface area contributed by atoms with Crippen molar-refractivity contribution >= 4 is 0 Å². The third kappa shape index (κ3) is 3.55. The Morgan fingerprint density at radius 2 is 2.25 bits per heavy atom. The summed E-state index contributed by atoms with van der Waals surface area (Å²) in [7, 11) is 0. The van der Waals surface area contributed by atoms with E-state index in [4.69, 9.17) is 5.11 Å². The van der Waals surface area contributed by atoms with Crippen LogP contribution in [0.2, 0.25) is 0 Å². The summed E-state index contributed by atoms with van der Waals surface area (Å²) in [5.41, 5.74) is -1.09. The third-order valence-corrected chi connectivity index (χ3v) is 2.27. The highest BCUT2D eigenvalue weighted by molar-refractivity contribution is 4.86. The smallest absolute Gasteiger partial charge is 0.141 e. The lowest BCUT2D eigenvalue weighted by Gasteiger charge is -2.20. The largest absolute Gasteiger partial charge is 0.393 e. The minimum Gasteiger partial charge on any atom is -0.393 e. The Morgan fingerprint density at radius 1 is 1.56 bits per heavy atom. The van der Waals surface area contributed by atoms with Crippen molar-refractivity contribution < 1.29 is 10.2 Å². The first-order valence-electron chi connectivity index (χ1n) is 5.38. The Kier molecular flexibility index (Phi) is 4.40. The molecule has 0 saturated carbocycles. The van der Waals surface area contributed by atoms with E-state index in [1.54, 1.807) is 6.92 Å². The van der Waals surface area contributed by atoms with E-state index in [1.807, 2.05) is 18.5 Å². The zero-order valence-electron chi connectivity index (χ0n) is 10.0. The maximum Gasteiger partial charge on any atom is 0.141 e. The van der Waals surface area contributed by atoms with Crippen LogP contribution in [0.15, 0.2) is 6.33 Å². The summed E-state index contributed by atoms with van der Waals surface area (Å²) >= 11 is 0. The van der Waals surface area contributed by atoms with E-state index in [0.717, 1.165) is 5.82 Å². The molecule has 6 heteroatoms. The number of aliphatic hydroxyl groups excluding tert-OH is 1. The molecule has 1 rings (SSSR count). The minimum absolute atomic E-state index is 0.262. The van der Waals surface area contributed by atoms with Gasteiger partial charge in [-0.25, -0.2) is 9.67 Å². The van der Waals surface area contributed by atoms with Crippen LogP contribution in [-0.2, 0) is 6.54 Å². The van der Waals surface area contributed by atoms with Crippen molar-refractivity contribution in [1.82, 2.24) is 20.1 Å². The van der Waals surface area contributed by atoms with Gasteiger partial charge in [0.25, 0.3) is 0 Å². The highest BCUT2D eigenvalue weighted by atomic mass is 16.3. The van der Waals surface area contributed by atoms with Gasteiger partial charge in [0.2, 0.25) is 0 Å². The molecule has 0 aliphatic heterocycles. The molecule has 16 heavy (non-hydrogen) atoms. The second kappa shape index (κ2) is 5.38. The topological polar surface area (TPSA) is 83.2 Å². The number of rotatable bonds is 6. The number of hydrogen-bond acceptors (Lipinski definition) is 5. The average molecular weight is 228 g/mol. The van der Waals surface area contributed by atoms with Gasteiger partial charge in [0.05, 0.1) is 18.8 Å². The van der Waals surface area contributed by atoms with Crippen molar-refractivity contribution in [3.63, 3.8) is 0 Å². The van der Waals surface area contributed by atoms with Crippen molar-refractivity contribution in [2.75, 3.05) is 13.2 Å². The standard InChI is InChI=1S/C10H20N4O2/c1-8(2)14-9(12-7-13-14)4-11-5-10(3,16)6-15/h7-8,11,15-16H,4-6H2,1-3H3. The van der Waals surface area contributed by atoms with E-state index in [-0.39, 0.29) is 12.6 Å². The monoisotopic (exact) mass is 228 g/mol. The van der Waals surface area contributed by atoms with Gasteiger partial charge in [-0.05, 0) is 20.8 Å². The molecule has 0 saturated heterocycles. The quantitative estimate of drug-likeness (QED) is 0.622. The summed E-state index contributed by atoms with van der Waals surface area (Å²) < 4.78 is 1.82. The fourth-order valence-corrected chi connectivity index (χ4v) is 1.33. The van der Waals surface area contributed by atoms with Crippen LogP contribution < -0.4 is 5.32 Å². The summed E-state index contributed by atoms with van der Waals surface area (Å²) in [4.78, 5) is 4.13. The molecule has 1 atom stereocenters. The molecule has 0 amide bonds. The van der Waals surface area contributed by atoms with Gasteiger partial charge in [0.1, 0.15) is 12.2 Å². The fraction of sp³-hybridized carbons (Fsp3) is 0.800. The van der Waals surface area contributed by atoms with Crippen LogP contribution in [-0.4, -0.2) is 43.7 Å². The van der Waals surface area contributed by atoms with E-state index in [0.29, 0.717) is 13.1 Å². The molecule has 1 unspecified atom stereocenters. The molecule has 1 aromatic heterocycles. The molecular formula is C10H20N4O2.